The zero-order chi connectivity index (χ0) is 20.4. The number of aromatic nitrogens is 2. The minimum Gasteiger partial charge on any atom is -0.497 e. The van der Waals surface area contributed by atoms with E-state index in [-0.39, 0.29) is 5.56 Å². The molecule has 1 aliphatic heterocycles. The Morgan fingerprint density at radius 3 is 2.39 bits per heavy atom. The summed E-state index contributed by atoms with van der Waals surface area (Å²) in [6.45, 7) is -1.07. The highest BCUT2D eigenvalue weighted by molar-refractivity contribution is 5.95. The largest absolute Gasteiger partial charge is 0.497 e. The summed E-state index contributed by atoms with van der Waals surface area (Å²) in [5.74, 6) is 0.0842. The van der Waals surface area contributed by atoms with Crippen molar-refractivity contribution in [2.45, 2.75) is 31.1 Å². The van der Waals surface area contributed by atoms with Crippen LogP contribution >= 0.6 is 0 Å². The first kappa shape index (κ1) is 20.0. The van der Waals surface area contributed by atoms with Crippen LogP contribution in [0.15, 0.2) is 46.1 Å². The van der Waals surface area contributed by atoms with Crippen LogP contribution in [-0.2, 0) is 11.3 Å². The van der Waals surface area contributed by atoms with Crippen LogP contribution in [0.2, 0.25) is 0 Å². The maximum absolute atomic E-state index is 12.7. The van der Waals surface area contributed by atoms with Gasteiger partial charge in [0.25, 0.3) is 5.56 Å². The molecule has 28 heavy (non-hydrogen) atoms. The van der Waals surface area contributed by atoms with Crippen LogP contribution in [-0.4, -0.2) is 62.3 Å². The van der Waals surface area contributed by atoms with Crippen molar-refractivity contribution in [2.75, 3.05) is 13.7 Å². The number of Topliss-reactive ketones (excluding diaryl/α,β-unsaturated/α-hetero) is 1. The van der Waals surface area contributed by atoms with Crippen LogP contribution < -0.4 is 16.0 Å². The van der Waals surface area contributed by atoms with E-state index in [1.165, 1.54) is 19.2 Å². The van der Waals surface area contributed by atoms with Crippen LogP contribution in [0.3, 0.4) is 0 Å². The van der Waals surface area contributed by atoms with Gasteiger partial charge in [0.15, 0.2) is 12.0 Å². The minimum absolute atomic E-state index is 0.287. The zero-order valence-electron chi connectivity index (χ0n) is 15.0. The summed E-state index contributed by atoms with van der Waals surface area (Å²) in [5, 5.41) is 29.1. The number of methoxy groups -OCH3 is 1. The van der Waals surface area contributed by atoms with E-state index in [0.29, 0.717) is 10.3 Å². The van der Waals surface area contributed by atoms with Crippen LogP contribution in [0.5, 0.6) is 5.75 Å². The van der Waals surface area contributed by atoms with Crippen LogP contribution in [0.25, 0.3) is 0 Å². The maximum atomic E-state index is 12.7. The van der Waals surface area contributed by atoms with Crippen molar-refractivity contribution in [2.24, 2.45) is 0 Å². The van der Waals surface area contributed by atoms with Gasteiger partial charge in [0.2, 0.25) is 0 Å². The number of ether oxygens (including phenoxy) is 2. The van der Waals surface area contributed by atoms with Crippen LogP contribution in [0, 0.1) is 0 Å². The number of carbonyl (C=O) groups excluding carboxylic acids is 1. The number of rotatable bonds is 6. The van der Waals surface area contributed by atoms with Crippen molar-refractivity contribution in [1.82, 2.24) is 9.13 Å². The molecule has 0 unspecified atom stereocenters. The molecule has 10 nitrogen and oxygen atoms in total. The molecule has 0 bridgehead atoms. The average Bonchev–Trinajstić information content (AvgIpc) is 2.99. The topological polar surface area (TPSA) is 140 Å². The van der Waals surface area contributed by atoms with E-state index in [9.17, 15) is 29.7 Å². The Bertz CT molecular complexity index is 965. The Morgan fingerprint density at radius 2 is 1.82 bits per heavy atom. The van der Waals surface area contributed by atoms with Crippen LogP contribution in [0.1, 0.15) is 16.6 Å². The Kier molecular flexibility index (Phi) is 5.75. The normalized spacial score (nSPS) is 24.3. The Balaban J connectivity index is 1.90. The average molecular weight is 392 g/mol. The van der Waals surface area contributed by atoms with E-state index in [1.54, 1.807) is 12.1 Å². The summed E-state index contributed by atoms with van der Waals surface area (Å²) in [6, 6.07) is 7.24. The second kappa shape index (κ2) is 8.07. The summed E-state index contributed by atoms with van der Waals surface area (Å²) in [7, 11) is 1.49. The molecule has 2 aromatic rings. The van der Waals surface area contributed by atoms with E-state index in [4.69, 9.17) is 9.47 Å². The molecule has 0 amide bonds. The first-order chi connectivity index (χ1) is 13.4. The van der Waals surface area contributed by atoms with Crippen molar-refractivity contribution in [3.05, 3.63) is 62.9 Å². The molecular formula is C18H20N2O8. The SMILES string of the molecule is COc1ccc(C(=O)Cn2c(=O)ccn([C@@H]3O[C@H](CO)[C@@H](O)[C@H]3O)c2=O)cc1. The molecular weight excluding hydrogens is 372 g/mol. The van der Waals surface area contributed by atoms with Gasteiger partial charge in [0, 0.05) is 17.8 Å². The monoisotopic (exact) mass is 392 g/mol. The number of carbonyl (C=O) groups is 1. The summed E-state index contributed by atoms with van der Waals surface area (Å²) in [6.07, 6.45) is -4.16. The van der Waals surface area contributed by atoms with Gasteiger partial charge in [-0.1, -0.05) is 0 Å². The minimum atomic E-state index is -1.49. The Labute approximate surface area is 158 Å². The quantitative estimate of drug-likeness (QED) is 0.505. The Morgan fingerprint density at radius 1 is 1.14 bits per heavy atom. The van der Waals surface area contributed by atoms with Crippen molar-refractivity contribution >= 4 is 5.78 Å². The highest BCUT2D eigenvalue weighted by atomic mass is 16.6. The third-order valence-electron chi connectivity index (χ3n) is 4.60. The molecule has 4 atom stereocenters. The molecule has 3 rings (SSSR count). The van der Waals surface area contributed by atoms with Gasteiger partial charge in [-0.15, -0.1) is 0 Å². The van der Waals surface area contributed by atoms with E-state index >= 15 is 0 Å². The first-order valence-electron chi connectivity index (χ1n) is 8.49. The van der Waals surface area contributed by atoms with Gasteiger partial charge in [0.1, 0.15) is 24.1 Å². The third-order valence-corrected chi connectivity index (χ3v) is 4.60. The highest BCUT2D eigenvalue weighted by Crippen LogP contribution is 2.27. The molecule has 3 N–H and O–H groups in total. The lowest BCUT2D eigenvalue weighted by Crippen LogP contribution is -2.44. The molecule has 2 heterocycles. The number of nitrogens with zero attached hydrogens (tertiary/aromatic N) is 2. The lowest BCUT2D eigenvalue weighted by atomic mass is 10.1. The number of benzene rings is 1. The van der Waals surface area contributed by atoms with Crippen molar-refractivity contribution in [3.63, 3.8) is 0 Å². The zero-order valence-corrected chi connectivity index (χ0v) is 15.0. The molecule has 0 radical (unpaired) electrons. The fourth-order valence-electron chi connectivity index (χ4n) is 2.99. The third kappa shape index (κ3) is 3.62. The molecule has 1 aliphatic rings. The molecule has 0 saturated carbocycles. The molecule has 0 aliphatic carbocycles. The van der Waals surface area contributed by atoms with Gasteiger partial charge in [-0.25, -0.2) is 4.79 Å². The summed E-state index contributed by atoms with van der Waals surface area (Å²) in [5.41, 5.74) is -1.30. The fourth-order valence-corrected chi connectivity index (χ4v) is 2.99. The van der Waals surface area contributed by atoms with Gasteiger partial charge in [-0.05, 0) is 24.3 Å². The number of hydrogen-bond donors (Lipinski definition) is 3. The maximum Gasteiger partial charge on any atom is 0.333 e. The van der Waals surface area contributed by atoms with Gasteiger partial charge < -0.3 is 24.8 Å². The number of ketones is 1. The predicted octanol–water partition coefficient (Wildman–Crippen LogP) is -1.49. The van der Waals surface area contributed by atoms with Crippen molar-refractivity contribution < 1.29 is 29.6 Å². The molecule has 0 spiro atoms. The Hall–Kier alpha value is -2.79. The summed E-state index contributed by atoms with van der Waals surface area (Å²) in [4.78, 5) is 37.3. The standard InChI is InChI=1S/C18H20N2O8/c1-27-11-4-2-10(3-5-11)12(22)8-20-14(23)6-7-19(18(20)26)17-16(25)15(24)13(9-21)28-17/h2-7,13,15-17,21,24-25H,8-9H2,1H3/t13-,15-,16-,17-/m1/s1. The molecule has 10 heteroatoms. The second-order valence-corrected chi connectivity index (χ2v) is 6.31. The lowest BCUT2D eigenvalue weighted by Gasteiger charge is -2.18. The molecule has 150 valence electrons. The van der Waals surface area contributed by atoms with Gasteiger partial charge in [-0.3, -0.25) is 18.7 Å². The molecule has 1 fully saturated rings. The van der Waals surface area contributed by atoms with E-state index < -0.39 is 54.7 Å². The highest BCUT2D eigenvalue weighted by Gasteiger charge is 2.43. The van der Waals surface area contributed by atoms with Crippen molar-refractivity contribution in [1.29, 1.82) is 0 Å². The smallest absolute Gasteiger partial charge is 0.333 e. The van der Waals surface area contributed by atoms with Gasteiger partial charge >= 0.3 is 5.69 Å². The summed E-state index contributed by atoms with van der Waals surface area (Å²) < 4.78 is 11.9. The number of aliphatic hydroxyl groups excluding tert-OH is 3. The van der Waals surface area contributed by atoms with Crippen molar-refractivity contribution in [3.8, 4) is 5.75 Å². The molecule has 1 aromatic heterocycles. The number of aliphatic hydroxyl groups is 3. The van der Waals surface area contributed by atoms with E-state index in [1.807, 2.05) is 0 Å². The summed E-state index contributed by atoms with van der Waals surface area (Å²) >= 11 is 0. The lowest BCUT2D eigenvalue weighted by molar-refractivity contribution is -0.0555. The molecule has 1 saturated heterocycles. The van der Waals surface area contributed by atoms with E-state index in [0.717, 1.165) is 16.8 Å². The fraction of sp³-hybridized carbons (Fsp3) is 0.389. The second-order valence-electron chi connectivity index (χ2n) is 6.31. The van der Waals surface area contributed by atoms with Gasteiger partial charge in [0.05, 0.1) is 20.3 Å². The first-order valence-corrected chi connectivity index (χ1v) is 8.49. The predicted molar refractivity (Wildman–Crippen MR) is 95.3 cm³/mol. The van der Waals surface area contributed by atoms with Gasteiger partial charge in [-0.2, -0.15) is 0 Å². The van der Waals surface area contributed by atoms with Crippen LogP contribution in [0.4, 0.5) is 0 Å². The van der Waals surface area contributed by atoms with E-state index in [2.05, 4.69) is 0 Å². The number of hydrogen-bond acceptors (Lipinski definition) is 8. The molecule has 1 aromatic carbocycles.